The monoisotopic (exact) mass is 263 g/mol. The molecule has 0 saturated heterocycles. The Hall–Kier alpha value is -2.82. The maximum Gasteiger partial charge on any atom is 0.267 e. The topological polar surface area (TPSA) is 64.8 Å². The van der Waals surface area contributed by atoms with E-state index in [1.807, 2.05) is 13.0 Å². The summed E-state index contributed by atoms with van der Waals surface area (Å²) in [7, 11) is 0. The van der Waals surface area contributed by atoms with Crippen LogP contribution in [0.2, 0.25) is 0 Å². The number of ketones is 1. The van der Waals surface area contributed by atoms with Crippen LogP contribution < -0.4 is 5.56 Å². The maximum atomic E-state index is 12.5. The molecule has 0 unspecified atom stereocenters. The SMILES string of the molecule is Cc1ccc2c(c1)C(=O)c1nc3ncccc3c(=O)n1-2. The largest absolute Gasteiger partial charge is 0.285 e. The highest BCUT2D eigenvalue weighted by atomic mass is 16.1. The van der Waals surface area contributed by atoms with Crippen molar-refractivity contribution < 1.29 is 4.79 Å². The van der Waals surface area contributed by atoms with E-state index in [1.165, 1.54) is 4.57 Å². The van der Waals surface area contributed by atoms with Gasteiger partial charge < -0.3 is 0 Å². The minimum absolute atomic E-state index is 0.141. The Labute approximate surface area is 113 Å². The molecule has 3 heterocycles. The van der Waals surface area contributed by atoms with Gasteiger partial charge in [0, 0.05) is 6.20 Å². The molecule has 0 atom stereocenters. The standard InChI is InChI=1S/C15H9N3O2/c1-8-4-5-11-10(7-8)12(19)14-17-13-9(3-2-6-16-13)15(20)18(11)14/h2-7H,1H3. The molecule has 0 bridgehead atoms. The average Bonchev–Trinajstić information content (AvgIpc) is 2.73. The summed E-state index contributed by atoms with van der Waals surface area (Å²) in [6, 6.07) is 8.79. The van der Waals surface area contributed by atoms with Gasteiger partial charge in [0.25, 0.3) is 5.56 Å². The number of carbonyl (C=O) groups excluding carboxylic acids is 1. The summed E-state index contributed by atoms with van der Waals surface area (Å²) in [5, 5.41) is 0.414. The summed E-state index contributed by atoms with van der Waals surface area (Å²) >= 11 is 0. The summed E-state index contributed by atoms with van der Waals surface area (Å²) < 4.78 is 1.38. The lowest BCUT2D eigenvalue weighted by atomic mass is 10.1. The van der Waals surface area contributed by atoms with Gasteiger partial charge in [-0.2, -0.15) is 0 Å². The van der Waals surface area contributed by atoms with Crippen LogP contribution >= 0.6 is 0 Å². The summed E-state index contributed by atoms with van der Waals surface area (Å²) in [5.74, 6) is -0.0878. The molecule has 0 aliphatic carbocycles. The van der Waals surface area contributed by atoms with Gasteiger partial charge in [-0.05, 0) is 31.2 Å². The van der Waals surface area contributed by atoms with Gasteiger partial charge in [-0.25, -0.2) is 9.97 Å². The Kier molecular flexibility index (Phi) is 1.99. The molecule has 0 fully saturated rings. The van der Waals surface area contributed by atoms with Crippen molar-refractivity contribution in [3.63, 3.8) is 0 Å². The van der Waals surface area contributed by atoms with Crippen molar-refractivity contribution in [1.29, 1.82) is 0 Å². The zero-order valence-corrected chi connectivity index (χ0v) is 10.6. The lowest BCUT2D eigenvalue weighted by Gasteiger charge is -2.04. The lowest BCUT2D eigenvalue weighted by molar-refractivity contribution is 0.103. The van der Waals surface area contributed by atoms with Crippen molar-refractivity contribution >= 4 is 16.8 Å². The van der Waals surface area contributed by atoms with E-state index >= 15 is 0 Å². The normalized spacial score (nSPS) is 12.6. The van der Waals surface area contributed by atoms with Crippen LogP contribution in [0.25, 0.3) is 16.7 Å². The van der Waals surface area contributed by atoms with Crippen LogP contribution in [0.4, 0.5) is 0 Å². The maximum absolute atomic E-state index is 12.5. The fourth-order valence-corrected chi connectivity index (χ4v) is 2.54. The first-order valence-electron chi connectivity index (χ1n) is 6.20. The highest BCUT2D eigenvalue weighted by Crippen LogP contribution is 2.26. The van der Waals surface area contributed by atoms with Crippen molar-refractivity contribution in [2.45, 2.75) is 6.92 Å². The van der Waals surface area contributed by atoms with Crippen molar-refractivity contribution in [3.05, 3.63) is 63.8 Å². The van der Waals surface area contributed by atoms with Crippen LogP contribution in [-0.2, 0) is 0 Å². The first kappa shape index (κ1) is 11.0. The molecule has 20 heavy (non-hydrogen) atoms. The number of aromatic nitrogens is 3. The van der Waals surface area contributed by atoms with Crippen LogP contribution in [0.1, 0.15) is 21.7 Å². The van der Waals surface area contributed by atoms with Gasteiger partial charge in [0.05, 0.1) is 16.6 Å². The third kappa shape index (κ3) is 1.26. The molecular weight excluding hydrogens is 254 g/mol. The third-order valence-corrected chi connectivity index (χ3v) is 3.48. The number of pyridine rings is 1. The Morgan fingerprint density at radius 3 is 2.85 bits per heavy atom. The molecule has 4 rings (SSSR count). The number of hydrogen-bond acceptors (Lipinski definition) is 4. The van der Waals surface area contributed by atoms with E-state index in [2.05, 4.69) is 9.97 Å². The van der Waals surface area contributed by atoms with Gasteiger partial charge >= 0.3 is 0 Å². The van der Waals surface area contributed by atoms with Crippen molar-refractivity contribution in [2.24, 2.45) is 0 Å². The highest BCUT2D eigenvalue weighted by molar-refractivity contribution is 6.13. The summed E-state index contributed by atoms with van der Waals surface area (Å²) in [5.41, 5.74) is 2.14. The number of benzene rings is 1. The number of aryl methyl sites for hydroxylation is 1. The van der Waals surface area contributed by atoms with E-state index < -0.39 is 0 Å². The van der Waals surface area contributed by atoms with Gasteiger partial charge in [-0.1, -0.05) is 11.6 Å². The predicted octanol–water partition coefficient (Wildman–Crippen LogP) is 1.63. The van der Waals surface area contributed by atoms with Crippen LogP contribution in [0.5, 0.6) is 0 Å². The quantitative estimate of drug-likeness (QED) is 0.483. The summed E-state index contributed by atoms with van der Waals surface area (Å²) in [6.07, 6.45) is 1.56. The fraction of sp³-hybridized carbons (Fsp3) is 0.0667. The Balaban J connectivity index is 2.20. The average molecular weight is 263 g/mol. The lowest BCUT2D eigenvalue weighted by Crippen LogP contribution is -2.21. The van der Waals surface area contributed by atoms with Crippen molar-refractivity contribution in [1.82, 2.24) is 14.5 Å². The second-order valence-electron chi connectivity index (χ2n) is 4.80. The summed E-state index contributed by atoms with van der Waals surface area (Å²) in [6.45, 7) is 1.91. The number of fused-ring (bicyclic) bond motifs is 4. The zero-order valence-electron chi connectivity index (χ0n) is 10.6. The van der Waals surface area contributed by atoms with Crippen LogP contribution in [-0.4, -0.2) is 20.3 Å². The van der Waals surface area contributed by atoms with Crippen LogP contribution in [0.15, 0.2) is 41.3 Å². The fourth-order valence-electron chi connectivity index (χ4n) is 2.54. The van der Waals surface area contributed by atoms with Gasteiger partial charge in [-0.3, -0.25) is 14.2 Å². The Morgan fingerprint density at radius 1 is 1.15 bits per heavy atom. The zero-order chi connectivity index (χ0) is 13.9. The second kappa shape index (κ2) is 3.60. The van der Waals surface area contributed by atoms with E-state index in [1.54, 1.807) is 30.5 Å². The van der Waals surface area contributed by atoms with Crippen LogP contribution in [0.3, 0.4) is 0 Å². The second-order valence-corrected chi connectivity index (χ2v) is 4.80. The molecule has 0 N–H and O–H groups in total. The van der Waals surface area contributed by atoms with Gasteiger partial charge in [-0.15, -0.1) is 0 Å². The Morgan fingerprint density at radius 2 is 2.00 bits per heavy atom. The third-order valence-electron chi connectivity index (χ3n) is 3.48. The molecule has 1 aliphatic rings. The minimum atomic E-state index is -0.256. The molecule has 5 nitrogen and oxygen atoms in total. The number of hydrogen-bond donors (Lipinski definition) is 0. The molecule has 0 radical (unpaired) electrons. The smallest absolute Gasteiger partial charge is 0.267 e. The number of rotatable bonds is 0. The molecule has 1 aromatic carbocycles. The molecule has 96 valence electrons. The molecular formula is C15H9N3O2. The van der Waals surface area contributed by atoms with E-state index in [4.69, 9.17) is 0 Å². The highest BCUT2D eigenvalue weighted by Gasteiger charge is 2.30. The first-order valence-corrected chi connectivity index (χ1v) is 6.20. The Bertz CT molecular complexity index is 957. The van der Waals surface area contributed by atoms with Crippen molar-refractivity contribution in [2.75, 3.05) is 0 Å². The van der Waals surface area contributed by atoms with E-state index in [-0.39, 0.29) is 17.2 Å². The van der Waals surface area contributed by atoms with E-state index in [0.717, 1.165) is 5.56 Å². The molecule has 0 amide bonds. The molecule has 2 aromatic heterocycles. The molecule has 0 spiro atoms. The van der Waals surface area contributed by atoms with Crippen LogP contribution in [0, 0.1) is 6.92 Å². The molecule has 3 aromatic rings. The van der Waals surface area contributed by atoms with E-state index in [9.17, 15) is 9.59 Å². The van der Waals surface area contributed by atoms with Gasteiger partial charge in [0.2, 0.25) is 5.78 Å². The minimum Gasteiger partial charge on any atom is -0.285 e. The number of nitrogens with zero attached hydrogens (tertiary/aromatic N) is 3. The first-order chi connectivity index (χ1) is 9.66. The van der Waals surface area contributed by atoms with Crippen molar-refractivity contribution in [3.8, 4) is 5.69 Å². The predicted molar refractivity (Wildman–Crippen MR) is 73.3 cm³/mol. The molecule has 0 saturated carbocycles. The van der Waals surface area contributed by atoms with Gasteiger partial charge in [0.1, 0.15) is 0 Å². The van der Waals surface area contributed by atoms with E-state index in [0.29, 0.717) is 22.3 Å². The van der Waals surface area contributed by atoms with Gasteiger partial charge in [0.15, 0.2) is 11.5 Å². The summed E-state index contributed by atoms with van der Waals surface area (Å²) in [4.78, 5) is 33.2. The molecule has 1 aliphatic heterocycles. The number of carbonyl (C=O) groups is 1. The molecule has 5 heteroatoms.